The number of piperidine rings is 1. The molecule has 1 fully saturated rings. The van der Waals surface area contributed by atoms with Crippen molar-refractivity contribution in [2.24, 2.45) is 0 Å². The number of aromatic nitrogens is 1. The number of nitrogens with one attached hydrogen (secondary N) is 1. The summed E-state index contributed by atoms with van der Waals surface area (Å²) in [5.41, 5.74) is 4.21. The third-order valence-electron chi connectivity index (χ3n) is 6.77. The van der Waals surface area contributed by atoms with E-state index >= 15 is 0 Å². The number of carbonyl (C=O) groups excluding carboxylic acids is 2. The number of aryl methyl sites for hydroxylation is 1. The van der Waals surface area contributed by atoms with E-state index in [9.17, 15) is 9.59 Å². The van der Waals surface area contributed by atoms with Gasteiger partial charge in [0.2, 0.25) is 0 Å². The molecule has 3 aromatic rings. The molecule has 5 rings (SSSR count). The SMILES string of the molecule is Cc1ccc(C(=O)NCCSCc2ccco2)c(C2CCN(C(=O)c3ccc4c(c3)CCO4)CC2)n1. The normalized spacial score (nSPS) is 15.4. The van der Waals surface area contributed by atoms with E-state index < -0.39 is 0 Å². The van der Waals surface area contributed by atoms with Crippen molar-refractivity contribution in [3.63, 3.8) is 0 Å². The third kappa shape index (κ3) is 5.59. The average molecular weight is 506 g/mol. The van der Waals surface area contributed by atoms with E-state index in [1.54, 1.807) is 18.0 Å². The Morgan fingerprint density at radius 3 is 2.83 bits per heavy atom. The molecule has 1 aromatic carbocycles. The van der Waals surface area contributed by atoms with Gasteiger partial charge < -0.3 is 19.4 Å². The van der Waals surface area contributed by atoms with E-state index in [1.165, 1.54) is 0 Å². The first-order valence-corrected chi connectivity index (χ1v) is 13.6. The first-order valence-electron chi connectivity index (χ1n) is 12.5. The fourth-order valence-corrected chi connectivity index (χ4v) is 5.59. The molecule has 2 aliphatic heterocycles. The maximum atomic E-state index is 13.1. The molecule has 4 heterocycles. The molecule has 188 valence electrons. The van der Waals surface area contributed by atoms with Crippen LogP contribution in [0.25, 0.3) is 0 Å². The Labute approximate surface area is 215 Å². The van der Waals surface area contributed by atoms with Crippen LogP contribution in [0.2, 0.25) is 0 Å². The number of furan rings is 1. The lowest BCUT2D eigenvalue weighted by atomic mass is 9.89. The van der Waals surface area contributed by atoms with Gasteiger partial charge in [-0.15, -0.1) is 0 Å². The first kappa shape index (κ1) is 24.4. The zero-order valence-electron chi connectivity index (χ0n) is 20.5. The Morgan fingerprint density at radius 2 is 2.03 bits per heavy atom. The lowest BCUT2D eigenvalue weighted by molar-refractivity contribution is 0.0710. The monoisotopic (exact) mass is 505 g/mol. The van der Waals surface area contributed by atoms with Crippen LogP contribution in [0, 0.1) is 6.92 Å². The standard InChI is InChI=1S/C28H31N3O4S/c1-19-4-6-24(27(32)29-11-16-36-18-23-3-2-14-34-23)26(30-19)20-8-12-31(13-9-20)28(33)22-5-7-25-21(17-22)10-15-35-25/h2-7,14,17,20H,8-13,15-16,18H2,1H3,(H,29,32). The van der Waals surface area contributed by atoms with Crippen LogP contribution < -0.4 is 10.1 Å². The van der Waals surface area contributed by atoms with Crippen molar-refractivity contribution in [3.05, 3.63) is 82.6 Å². The molecule has 2 aromatic heterocycles. The summed E-state index contributed by atoms with van der Waals surface area (Å²) in [4.78, 5) is 32.8. The summed E-state index contributed by atoms with van der Waals surface area (Å²) < 4.78 is 10.9. The van der Waals surface area contributed by atoms with Crippen LogP contribution in [0.5, 0.6) is 5.75 Å². The van der Waals surface area contributed by atoms with Gasteiger partial charge in [0.1, 0.15) is 11.5 Å². The second kappa shape index (κ2) is 11.2. The maximum absolute atomic E-state index is 13.1. The van der Waals surface area contributed by atoms with Crippen LogP contribution in [0.4, 0.5) is 0 Å². The molecular formula is C28H31N3O4S. The van der Waals surface area contributed by atoms with Gasteiger partial charge in [-0.05, 0) is 67.8 Å². The molecule has 0 radical (unpaired) electrons. The number of nitrogens with zero attached hydrogens (tertiary/aromatic N) is 2. The van der Waals surface area contributed by atoms with E-state index in [-0.39, 0.29) is 17.7 Å². The summed E-state index contributed by atoms with van der Waals surface area (Å²) in [5.74, 6) is 3.54. The molecule has 0 spiro atoms. The second-order valence-electron chi connectivity index (χ2n) is 9.26. The molecule has 7 nitrogen and oxygen atoms in total. The number of hydrogen-bond acceptors (Lipinski definition) is 6. The maximum Gasteiger partial charge on any atom is 0.253 e. The minimum Gasteiger partial charge on any atom is -0.493 e. The molecule has 1 saturated heterocycles. The van der Waals surface area contributed by atoms with E-state index in [0.29, 0.717) is 31.8 Å². The van der Waals surface area contributed by atoms with Gasteiger partial charge in [-0.2, -0.15) is 11.8 Å². The van der Waals surface area contributed by atoms with Crippen molar-refractivity contribution in [3.8, 4) is 5.75 Å². The van der Waals surface area contributed by atoms with Crippen LogP contribution in [0.1, 0.15) is 62.2 Å². The Morgan fingerprint density at radius 1 is 1.17 bits per heavy atom. The summed E-state index contributed by atoms with van der Waals surface area (Å²) in [6, 6.07) is 13.3. The third-order valence-corrected chi connectivity index (χ3v) is 7.75. The van der Waals surface area contributed by atoms with Crippen molar-refractivity contribution < 1.29 is 18.7 Å². The fourth-order valence-electron chi connectivity index (χ4n) is 4.84. The zero-order chi connectivity index (χ0) is 24.9. The van der Waals surface area contributed by atoms with Crippen molar-refractivity contribution in [2.45, 2.75) is 37.9 Å². The molecule has 2 aliphatic rings. The number of rotatable bonds is 8. The predicted molar refractivity (Wildman–Crippen MR) is 140 cm³/mol. The second-order valence-corrected chi connectivity index (χ2v) is 10.4. The molecule has 2 amide bonds. The Bertz CT molecular complexity index is 1220. The van der Waals surface area contributed by atoms with Crippen molar-refractivity contribution in [2.75, 3.05) is 32.0 Å². The highest BCUT2D eigenvalue weighted by molar-refractivity contribution is 7.98. The van der Waals surface area contributed by atoms with Gasteiger partial charge in [0, 0.05) is 49.0 Å². The van der Waals surface area contributed by atoms with Gasteiger partial charge in [-0.1, -0.05) is 0 Å². The first-order chi connectivity index (χ1) is 17.6. The highest BCUT2D eigenvalue weighted by Crippen LogP contribution is 2.31. The number of pyridine rings is 1. The number of amides is 2. The van der Waals surface area contributed by atoms with Crippen LogP contribution >= 0.6 is 11.8 Å². The molecule has 0 aliphatic carbocycles. The number of ether oxygens (including phenoxy) is 1. The van der Waals surface area contributed by atoms with Crippen LogP contribution in [0.3, 0.4) is 0 Å². The fraction of sp³-hybridized carbons (Fsp3) is 0.393. The van der Waals surface area contributed by atoms with E-state index in [1.807, 2.05) is 54.3 Å². The number of carbonyl (C=O) groups is 2. The number of fused-ring (bicyclic) bond motifs is 1. The van der Waals surface area contributed by atoms with Crippen LogP contribution in [-0.2, 0) is 12.2 Å². The van der Waals surface area contributed by atoms with Crippen molar-refractivity contribution >= 4 is 23.6 Å². The minimum atomic E-state index is -0.0880. The molecule has 1 N–H and O–H groups in total. The van der Waals surface area contributed by atoms with Gasteiger partial charge in [-0.3, -0.25) is 14.6 Å². The van der Waals surface area contributed by atoms with Crippen molar-refractivity contribution in [1.82, 2.24) is 15.2 Å². The van der Waals surface area contributed by atoms with Crippen LogP contribution in [-0.4, -0.2) is 53.7 Å². The summed E-state index contributed by atoms with van der Waals surface area (Å²) >= 11 is 1.72. The van der Waals surface area contributed by atoms with Gasteiger partial charge in [0.15, 0.2) is 0 Å². The molecule has 36 heavy (non-hydrogen) atoms. The lowest BCUT2D eigenvalue weighted by Gasteiger charge is -2.32. The summed E-state index contributed by atoms with van der Waals surface area (Å²) in [5, 5.41) is 3.04. The van der Waals surface area contributed by atoms with E-state index in [2.05, 4.69) is 5.32 Å². The van der Waals surface area contributed by atoms with Gasteiger partial charge in [0.25, 0.3) is 11.8 Å². The number of benzene rings is 1. The Hall–Kier alpha value is -3.26. The van der Waals surface area contributed by atoms with E-state index in [4.69, 9.17) is 14.1 Å². The predicted octanol–water partition coefficient (Wildman–Crippen LogP) is 4.60. The number of hydrogen-bond donors (Lipinski definition) is 1. The molecule has 0 atom stereocenters. The Balaban J connectivity index is 1.17. The Kier molecular flexibility index (Phi) is 7.60. The highest BCUT2D eigenvalue weighted by atomic mass is 32.2. The number of likely N-dealkylation sites (tertiary alicyclic amines) is 1. The molecule has 0 bridgehead atoms. The number of thioether (sulfide) groups is 1. The molecule has 0 saturated carbocycles. The van der Waals surface area contributed by atoms with Crippen molar-refractivity contribution in [1.29, 1.82) is 0 Å². The molecule has 8 heteroatoms. The van der Waals surface area contributed by atoms with E-state index in [0.717, 1.165) is 64.8 Å². The summed E-state index contributed by atoms with van der Waals surface area (Å²) in [7, 11) is 0. The summed E-state index contributed by atoms with van der Waals surface area (Å²) in [6.07, 6.45) is 4.10. The summed E-state index contributed by atoms with van der Waals surface area (Å²) in [6.45, 7) is 4.51. The van der Waals surface area contributed by atoms with Crippen LogP contribution in [0.15, 0.2) is 53.1 Å². The largest absolute Gasteiger partial charge is 0.493 e. The lowest BCUT2D eigenvalue weighted by Crippen LogP contribution is -2.38. The smallest absolute Gasteiger partial charge is 0.253 e. The molecular weight excluding hydrogens is 474 g/mol. The van der Waals surface area contributed by atoms with Gasteiger partial charge in [-0.25, -0.2) is 0 Å². The van der Waals surface area contributed by atoms with Gasteiger partial charge in [0.05, 0.1) is 29.9 Å². The topological polar surface area (TPSA) is 84.7 Å². The minimum absolute atomic E-state index is 0.0605. The highest BCUT2D eigenvalue weighted by Gasteiger charge is 2.29. The average Bonchev–Trinajstić information content (AvgIpc) is 3.60. The van der Waals surface area contributed by atoms with Gasteiger partial charge >= 0.3 is 0 Å². The quantitative estimate of drug-likeness (QED) is 0.451. The zero-order valence-corrected chi connectivity index (χ0v) is 21.3. The molecule has 0 unspecified atom stereocenters.